The van der Waals surface area contributed by atoms with Gasteiger partial charge >= 0.3 is 0 Å². The van der Waals surface area contributed by atoms with Crippen molar-refractivity contribution < 1.29 is 8.81 Å². The van der Waals surface area contributed by atoms with Crippen LogP contribution < -0.4 is 5.73 Å². The van der Waals surface area contributed by atoms with Crippen molar-refractivity contribution in [2.24, 2.45) is 5.73 Å². The summed E-state index contributed by atoms with van der Waals surface area (Å²) in [4.78, 5) is 5.07. The predicted molar refractivity (Wildman–Crippen MR) is 52.4 cm³/mol. The molecule has 0 unspecified atom stereocenters. The topological polar surface area (TPSA) is 52.0 Å². The van der Waals surface area contributed by atoms with Gasteiger partial charge in [0.05, 0.1) is 10.6 Å². The third kappa shape index (κ3) is 1.56. The number of aromatic nitrogens is 1. The van der Waals surface area contributed by atoms with Crippen molar-refractivity contribution in [2.45, 2.75) is 13.5 Å². The van der Waals surface area contributed by atoms with Crippen LogP contribution in [-0.4, -0.2) is 4.98 Å². The molecule has 0 aliphatic rings. The fraction of sp³-hybridized carbons (Fsp3) is 0.222. The molecule has 0 atom stereocenters. The van der Waals surface area contributed by atoms with Crippen molar-refractivity contribution in [1.82, 2.24) is 4.98 Å². The van der Waals surface area contributed by atoms with Crippen molar-refractivity contribution in [2.75, 3.05) is 0 Å². The molecular formula is C9H9FN2OS. The summed E-state index contributed by atoms with van der Waals surface area (Å²) >= 11 is 1.43. The van der Waals surface area contributed by atoms with Crippen molar-refractivity contribution in [3.05, 3.63) is 28.8 Å². The minimum atomic E-state index is -0.581. The van der Waals surface area contributed by atoms with Gasteiger partial charge in [-0.15, -0.1) is 11.3 Å². The van der Waals surface area contributed by atoms with Crippen LogP contribution in [0.5, 0.6) is 0 Å². The van der Waals surface area contributed by atoms with Crippen LogP contribution in [0.1, 0.15) is 10.7 Å². The Hall–Kier alpha value is -1.20. The zero-order chi connectivity index (χ0) is 10.1. The summed E-state index contributed by atoms with van der Waals surface area (Å²) in [6.45, 7) is 2.25. The van der Waals surface area contributed by atoms with Crippen LogP contribution in [0.3, 0.4) is 0 Å². The van der Waals surface area contributed by atoms with E-state index in [1.165, 1.54) is 17.4 Å². The SMILES string of the molecule is Cc1nc(CN)sc1-c1ccc(F)o1. The molecule has 0 amide bonds. The van der Waals surface area contributed by atoms with Gasteiger partial charge in [-0.2, -0.15) is 4.39 Å². The lowest BCUT2D eigenvalue weighted by Gasteiger charge is -1.89. The van der Waals surface area contributed by atoms with Crippen molar-refractivity contribution in [3.8, 4) is 10.6 Å². The highest BCUT2D eigenvalue weighted by molar-refractivity contribution is 7.15. The number of halogens is 1. The van der Waals surface area contributed by atoms with E-state index in [1.807, 2.05) is 6.92 Å². The molecule has 0 bridgehead atoms. The molecule has 0 aliphatic carbocycles. The molecular weight excluding hydrogens is 203 g/mol. The molecule has 74 valence electrons. The summed E-state index contributed by atoms with van der Waals surface area (Å²) in [6.07, 6.45) is 0. The Balaban J connectivity index is 2.45. The summed E-state index contributed by atoms with van der Waals surface area (Å²) < 4.78 is 17.5. The van der Waals surface area contributed by atoms with Crippen LogP contribution in [0.4, 0.5) is 4.39 Å². The quantitative estimate of drug-likeness (QED) is 0.831. The molecule has 0 fully saturated rings. The number of nitrogens with zero attached hydrogens (tertiary/aromatic N) is 1. The smallest absolute Gasteiger partial charge is 0.278 e. The highest BCUT2D eigenvalue weighted by atomic mass is 32.1. The first kappa shape index (κ1) is 9.36. The van der Waals surface area contributed by atoms with E-state index < -0.39 is 6.01 Å². The van der Waals surface area contributed by atoms with Crippen molar-refractivity contribution in [3.63, 3.8) is 0 Å². The van der Waals surface area contributed by atoms with E-state index in [2.05, 4.69) is 4.98 Å². The molecule has 2 rings (SSSR count). The number of thiazole rings is 1. The molecule has 2 aromatic rings. The van der Waals surface area contributed by atoms with Gasteiger partial charge in [-0.25, -0.2) is 4.98 Å². The van der Waals surface area contributed by atoms with E-state index in [0.29, 0.717) is 12.3 Å². The minimum absolute atomic E-state index is 0.398. The lowest BCUT2D eigenvalue weighted by molar-refractivity contribution is 0.367. The van der Waals surface area contributed by atoms with Crippen LogP contribution >= 0.6 is 11.3 Å². The number of furan rings is 1. The van der Waals surface area contributed by atoms with Crippen molar-refractivity contribution in [1.29, 1.82) is 0 Å². The molecule has 0 aliphatic heterocycles. The van der Waals surface area contributed by atoms with Gasteiger partial charge < -0.3 is 10.2 Å². The molecule has 0 saturated carbocycles. The Labute approximate surface area is 84.4 Å². The lowest BCUT2D eigenvalue weighted by atomic mass is 10.3. The molecule has 0 aromatic carbocycles. The largest absolute Gasteiger partial charge is 0.430 e. The normalized spacial score (nSPS) is 10.8. The monoisotopic (exact) mass is 212 g/mol. The van der Waals surface area contributed by atoms with Crippen LogP contribution in [0.25, 0.3) is 10.6 Å². The van der Waals surface area contributed by atoms with Gasteiger partial charge in [-0.3, -0.25) is 0 Å². The molecule has 2 heterocycles. The van der Waals surface area contributed by atoms with Crippen LogP contribution in [0, 0.1) is 12.9 Å². The molecule has 5 heteroatoms. The van der Waals surface area contributed by atoms with Gasteiger partial charge in [0, 0.05) is 12.6 Å². The summed E-state index contributed by atoms with van der Waals surface area (Å²) in [5.74, 6) is 0.511. The molecule has 0 radical (unpaired) electrons. The van der Waals surface area contributed by atoms with E-state index in [-0.39, 0.29) is 0 Å². The Morgan fingerprint density at radius 3 is 2.86 bits per heavy atom. The number of hydrogen-bond donors (Lipinski definition) is 1. The van der Waals surface area contributed by atoms with E-state index in [9.17, 15) is 4.39 Å². The Morgan fingerprint density at radius 2 is 2.36 bits per heavy atom. The van der Waals surface area contributed by atoms with Crippen LogP contribution in [0.2, 0.25) is 0 Å². The van der Waals surface area contributed by atoms with E-state index >= 15 is 0 Å². The standard InChI is InChI=1S/C9H9FN2OS/c1-5-9(14-8(4-11)12-5)6-2-3-7(10)13-6/h2-3H,4,11H2,1H3. The summed E-state index contributed by atoms with van der Waals surface area (Å²) in [5, 5.41) is 0.828. The van der Waals surface area contributed by atoms with Gasteiger partial charge in [-0.05, 0) is 13.0 Å². The highest BCUT2D eigenvalue weighted by Crippen LogP contribution is 2.30. The Kier molecular flexibility index (Phi) is 2.35. The fourth-order valence-electron chi connectivity index (χ4n) is 1.20. The number of rotatable bonds is 2. The zero-order valence-electron chi connectivity index (χ0n) is 7.58. The number of nitrogens with two attached hydrogens (primary N) is 1. The van der Waals surface area contributed by atoms with Gasteiger partial charge in [0.1, 0.15) is 10.8 Å². The van der Waals surface area contributed by atoms with Crippen LogP contribution in [-0.2, 0) is 6.54 Å². The van der Waals surface area contributed by atoms with E-state index in [1.54, 1.807) is 6.07 Å². The molecule has 2 N–H and O–H groups in total. The average molecular weight is 212 g/mol. The molecule has 0 saturated heterocycles. The molecule has 2 aromatic heterocycles. The van der Waals surface area contributed by atoms with Crippen molar-refractivity contribution >= 4 is 11.3 Å². The molecule has 0 spiro atoms. The summed E-state index contributed by atoms with van der Waals surface area (Å²) in [7, 11) is 0. The number of aryl methyl sites for hydroxylation is 1. The maximum absolute atomic E-state index is 12.6. The van der Waals surface area contributed by atoms with Gasteiger partial charge in [0.2, 0.25) is 0 Å². The lowest BCUT2D eigenvalue weighted by Crippen LogP contribution is -1.94. The predicted octanol–water partition coefficient (Wildman–Crippen LogP) is 2.31. The first-order chi connectivity index (χ1) is 6.70. The van der Waals surface area contributed by atoms with E-state index in [0.717, 1.165) is 15.6 Å². The van der Waals surface area contributed by atoms with Gasteiger partial charge in [0.25, 0.3) is 6.01 Å². The molecule has 14 heavy (non-hydrogen) atoms. The maximum Gasteiger partial charge on any atom is 0.278 e. The third-order valence-corrected chi connectivity index (χ3v) is 3.01. The first-order valence-electron chi connectivity index (χ1n) is 4.13. The third-order valence-electron chi connectivity index (χ3n) is 1.81. The Morgan fingerprint density at radius 1 is 1.57 bits per heavy atom. The fourth-order valence-corrected chi connectivity index (χ4v) is 2.11. The zero-order valence-corrected chi connectivity index (χ0v) is 8.40. The second-order valence-corrected chi connectivity index (χ2v) is 3.91. The van der Waals surface area contributed by atoms with E-state index in [4.69, 9.17) is 10.2 Å². The minimum Gasteiger partial charge on any atom is -0.430 e. The van der Waals surface area contributed by atoms with Crippen LogP contribution in [0.15, 0.2) is 16.5 Å². The summed E-state index contributed by atoms with van der Waals surface area (Å²) in [5.41, 5.74) is 6.28. The second kappa shape index (κ2) is 3.51. The highest BCUT2D eigenvalue weighted by Gasteiger charge is 2.12. The van der Waals surface area contributed by atoms with Gasteiger partial charge in [-0.1, -0.05) is 0 Å². The first-order valence-corrected chi connectivity index (χ1v) is 4.94. The molecule has 3 nitrogen and oxygen atoms in total. The second-order valence-electron chi connectivity index (χ2n) is 2.83. The summed E-state index contributed by atoms with van der Waals surface area (Å²) in [6, 6.07) is 2.30. The average Bonchev–Trinajstić information content (AvgIpc) is 2.71. The number of hydrogen-bond acceptors (Lipinski definition) is 4. The Bertz CT molecular complexity index is 449. The van der Waals surface area contributed by atoms with Gasteiger partial charge in [0.15, 0.2) is 0 Å². The maximum atomic E-state index is 12.6.